The fourth-order valence-corrected chi connectivity index (χ4v) is 3.27. The zero-order valence-electron chi connectivity index (χ0n) is 13.9. The summed E-state index contributed by atoms with van der Waals surface area (Å²) >= 11 is 0. The molecule has 0 N–H and O–H groups in total. The van der Waals surface area contributed by atoms with Crippen molar-refractivity contribution < 1.29 is 9.18 Å². The molecule has 1 aromatic heterocycles. The average molecular weight is 327 g/mol. The number of rotatable bonds is 5. The molecule has 1 unspecified atom stereocenters. The summed E-state index contributed by atoms with van der Waals surface area (Å²) in [6.45, 7) is 3.65. The number of halogens is 1. The van der Waals surface area contributed by atoms with Crippen LogP contribution < -0.4 is 0 Å². The lowest BCUT2D eigenvalue weighted by molar-refractivity contribution is 0.0772. The predicted molar refractivity (Wildman–Crippen MR) is 91.0 cm³/mol. The van der Waals surface area contributed by atoms with Crippen LogP contribution in [0.4, 0.5) is 4.39 Å². The van der Waals surface area contributed by atoms with Gasteiger partial charge in [-0.25, -0.2) is 4.39 Å². The van der Waals surface area contributed by atoms with Gasteiger partial charge in [-0.05, 0) is 30.5 Å². The van der Waals surface area contributed by atoms with E-state index in [9.17, 15) is 9.18 Å². The minimum atomic E-state index is -0.482. The first-order valence-electron chi connectivity index (χ1n) is 8.24. The molecule has 1 atom stereocenters. The molecule has 0 radical (unpaired) electrons. The number of aromatic nitrogens is 1. The molecule has 2 aromatic rings. The minimum Gasteiger partial charge on any atom is -0.341 e. The summed E-state index contributed by atoms with van der Waals surface area (Å²) in [6, 6.07) is 11.7. The van der Waals surface area contributed by atoms with Crippen molar-refractivity contribution in [2.24, 2.45) is 5.92 Å². The molecule has 126 valence electrons. The Morgan fingerprint density at radius 1 is 1.33 bits per heavy atom. The van der Waals surface area contributed by atoms with Gasteiger partial charge in [0.25, 0.3) is 5.91 Å². The fourth-order valence-electron chi connectivity index (χ4n) is 3.27. The smallest absolute Gasteiger partial charge is 0.255 e. The molecule has 1 amide bonds. The first-order chi connectivity index (χ1) is 11.6. The van der Waals surface area contributed by atoms with Gasteiger partial charge in [0.1, 0.15) is 5.82 Å². The standard InChI is InChI=1S/C19H22FN3O/c1-22(19(24)17-9-18(20)11-21-10-17)12-16-7-8-23(14-16)13-15-5-3-2-4-6-15/h2-6,9-11,16H,7-8,12-14H2,1H3. The van der Waals surface area contributed by atoms with Crippen molar-refractivity contribution in [1.29, 1.82) is 0 Å². The van der Waals surface area contributed by atoms with E-state index < -0.39 is 5.82 Å². The summed E-state index contributed by atoms with van der Waals surface area (Å²) in [6.07, 6.45) is 3.60. The first-order valence-corrected chi connectivity index (χ1v) is 8.24. The van der Waals surface area contributed by atoms with Crippen LogP contribution in [0.25, 0.3) is 0 Å². The molecule has 1 fully saturated rings. The maximum absolute atomic E-state index is 13.2. The Morgan fingerprint density at radius 2 is 2.12 bits per heavy atom. The number of carbonyl (C=O) groups excluding carboxylic acids is 1. The van der Waals surface area contributed by atoms with Crippen molar-refractivity contribution in [1.82, 2.24) is 14.8 Å². The van der Waals surface area contributed by atoms with E-state index in [0.717, 1.165) is 32.3 Å². The zero-order valence-corrected chi connectivity index (χ0v) is 13.9. The fraction of sp³-hybridized carbons (Fsp3) is 0.368. The number of hydrogen-bond acceptors (Lipinski definition) is 3. The molecule has 1 aliphatic rings. The topological polar surface area (TPSA) is 36.4 Å². The van der Waals surface area contributed by atoms with Crippen molar-refractivity contribution >= 4 is 5.91 Å². The van der Waals surface area contributed by atoms with Crippen LogP contribution in [0.15, 0.2) is 48.8 Å². The van der Waals surface area contributed by atoms with Gasteiger partial charge in [-0.1, -0.05) is 30.3 Å². The first kappa shape index (κ1) is 16.6. The molecular weight excluding hydrogens is 305 g/mol. The predicted octanol–water partition coefficient (Wildman–Crippen LogP) is 2.81. The number of benzene rings is 1. The summed E-state index contributed by atoms with van der Waals surface area (Å²) in [7, 11) is 1.77. The second-order valence-corrected chi connectivity index (χ2v) is 6.45. The average Bonchev–Trinajstić information content (AvgIpc) is 3.02. The lowest BCUT2D eigenvalue weighted by Gasteiger charge is -2.22. The van der Waals surface area contributed by atoms with Crippen molar-refractivity contribution in [3.63, 3.8) is 0 Å². The van der Waals surface area contributed by atoms with Gasteiger partial charge in [-0.3, -0.25) is 14.7 Å². The quantitative estimate of drug-likeness (QED) is 0.847. The molecular formula is C19H22FN3O. The number of pyridine rings is 1. The van der Waals surface area contributed by atoms with Gasteiger partial charge in [0.2, 0.25) is 0 Å². The van der Waals surface area contributed by atoms with E-state index >= 15 is 0 Å². The lowest BCUT2D eigenvalue weighted by Crippen LogP contribution is -2.33. The van der Waals surface area contributed by atoms with E-state index in [1.807, 2.05) is 6.07 Å². The van der Waals surface area contributed by atoms with Gasteiger partial charge >= 0.3 is 0 Å². The SMILES string of the molecule is CN(CC1CCN(Cc2ccccc2)C1)C(=O)c1cncc(F)c1. The van der Waals surface area contributed by atoms with Gasteiger partial charge in [-0.15, -0.1) is 0 Å². The Bertz CT molecular complexity index is 692. The second-order valence-electron chi connectivity index (χ2n) is 6.45. The van der Waals surface area contributed by atoms with Gasteiger partial charge in [0, 0.05) is 32.9 Å². The maximum Gasteiger partial charge on any atom is 0.255 e. The summed E-state index contributed by atoms with van der Waals surface area (Å²) in [5, 5.41) is 0. The van der Waals surface area contributed by atoms with Crippen LogP contribution in [0.3, 0.4) is 0 Å². The Morgan fingerprint density at radius 3 is 2.88 bits per heavy atom. The Labute approximate surface area is 141 Å². The molecule has 0 saturated carbocycles. The molecule has 3 rings (SSSR count). The van der Waals surface area contributed by atoms with E-state index in [4.69, 9.17) is 0 Å². The van der Waals surface area contributed by atoms with Crippen molar-refractivity contribution in [2.45, 2.75) is 13.0 Å². The highest BCUT2D eigenvalue weighted by molar-refractivity contribution is 5.93. The Balaban J connectivity index is 1.52. The van der Waals surface area contributed by atoms with E-state index in [1.165, 1.54) is 17.8 Å². The van der Waals surface area contributed by atoms with Crippen LogP contribution in [-0.4, -0.2) is 47.4 Å². The van der Waals surface area contributed by atoms with Crippen LogP contribution in [0.5, 0.6) is 0 Å². The normalized spacial score (nSPS) is 17.8. The molecule has 0 spiro atoms. The van der Waals surface area contributed by atoms with Gasteiger partial charge in [-0.2, -0.15) is 0 Å². The summed E-state index contributed by atoms with van der Waals surface area (Å²) in [5.41, 5.74) is 1.62. The molecule has 1 saturated heterocycles. The third-order valence-corrected chi connectivity index (χ3v) is 4.45. The van der Waals surface area contributed by atoms with Gasteiger partial charge in [0.15, 0.2) is 0 Å². The van der Waals surface area contributed by atoms with Gasteiger partial charge < -0.3 is 4.90 Å². The summed E-state index contributed by atoms with van der Waals surface area (Å²) < 4.78 is 13.2. The molecule has 1 aromatic carbocycles. The number of hydrogen-bond donors (Lipinski definition) is 0. The third kappa shape index (κ3) is 4.17. The molecule has 2 heterocycles. The monoisotopic (exact) mass is 327 g/mol. The third-order valence-electron chi connectivity index (χ3n) is 4.45. The van der Waals surface area contributed by atoms with E-state index in [2.05, 4.69) is 34.1 Å². The molecule has 24 heavy (non-hydrogen) atoms. The lowest BCUT2D eigenvalue weighted by atomic mass is 10.1. The minimum absolute atomic E-state index is 0.177. The van der Waals surface area contributed by atoms with Crippen LogP contribution in [0.2, 0.25) is 0 Å². The zero-order chi connectivity index (χ0) is 16.9. The summed E-state index contributed by atoms with van der Waals surface area (Å²) in [5.74, 6) is -0.211. The van der Waals surface area contributed by atoms with E-state index in [0.29, 0.717) is 18.0 Å². The molecule has 5 heteroatoms. The molecule has 0 aliphatic carbocycles. The number of amides is 1. The highest BCUT2D eigenvalue weighted by atomic mass is 19.1. The largest absolute Gasteiger partial charge is 0.341 e. The van der Waals surface area contributed by atoms with Crippen LogP contribution >= 0.6 is 0 Å². The van der Waals surface area contributed by atoms with Crippen molar-refractivity contribution in [2.75, 3.05) is 26.7 Å². The maximum atomic E-state index is 13.2. The van der Waals surface area contributed by atoms with Crippen LogP contribution in [-0.2, 0) is 6.54 Å². The Kier molecular flexibility index (Phi) is 5.20. The van der Waals surface area contributed by atoms with E-state index in [1.54, 1.807) is 11.9 Å². The van der Waals surface area contributed by atoms with Crippen LogP contribution in [0, 0.1) is 11.7 Å². The van der Waals surface area contributed by atoms with Crippen molar-refractivity contribution in [3.8, 4) is 0 Å². The molecule has 0 bridgehead atoms. The number of nitrogens with zero attached hydrogens (tertiary/aromatic N) is 3. The van der Waals surface area contributed by atoms with E-state index in [-0.39, 0.29) is 5.91 Å². The second kappa shape index (κ2) is 7.53. The number of carbonyl (C=O) groups is 1. The van der Waals surface area contributed by atoms with Gasteiger partial charge in [0.05, 0.1) is 11.8 Å². The highest BCUT2D eigenvalue weighted by Crippen LogP contribution is 2.20. The van der Waals surface area contributed by atoms with Crippen LogP contribution in [0.1, 0.15) is 22.3 Å². The molecule has 4 nitrogen and oxygen atoms in total. The van der Waals surface area contributed by atoms with Crippen molar-refractivity contribution in [3.05, 3.63) is 65.7 Å². The molecule has 1 aliphatic heterocycles. The number of likely N-dealkylation sites (tertiary alicyclic amines) is 1. The highest BCUT2D eigenvalue weighted by Gasteiger charge is 2.25. The Hall–Kier alpha value is -2.27. The summed E-state index contributed by atoms with van der Waals surface area (Å²) in [4.78, 5) is 20.2.